The number of halogens is 2. The number of hydrogen-bond donors (Lipinski definition) is 1. The minimum Gasteiger partial charge on any atom is -0.493 e. The summed E-state index contributed by atoms with van der Waals surface area (Å²) in [5, 5.41) is 3.53. The second kappa shape index (κ2) is 10.0. The highest BCUT2D eigenvalue weighted by Crippen LogP contribution is 2.16. The van der Waals surface area contributed by atoms with Gasteiger partial charge >= 0.3 is 5.97 Å². The van der Waals surface area contributed by atoms with Gasteiger partial charge in [-0.3, -0.25) is 4.79 Å². The van der Waals surface area contributed by atoms with E-state index in [1.54, 1.807) is 55.5 Å². The normalized spacial score (nSPS) is 11.5. The summed E-state index contributed by atoms with van der Waals surface area (Å²) in [6, 6.07) is 12.8. The summed E-state index contributed by atoms with van der Waals surface area (Å²) in [5.41, 5.74) is 0.310. The SMILES string of the molecule is C[C@H](NC(=O)c1ccccc1Cl)C(=O)OCCCOc1ccc(Cl)cc1. The van der Waals surface area contributed by atoms with Gasteiger partial charge < -0.3 is 14.8 Å². The van der Waals surface area contributed by atoms with Crippen molar-refractivity contribution in [2.24, 2.45) is 0 Å². The Labute approximate surface area is 162 Å². The summed E-state index contributed by atoms with van der Waals surface area (Å²) >= 11 is 11.8. The number of nitrogens with one attached hydrogen (secondary N) is 1. The monoisotopic (exact) mass is 395 g/mol. The maximum Gasteiger partial charge on any atom is 0.328 e. The molecule has 1 atom stereocenters. The fraction of sp³-hybridized carbons (Fsp3) is 0.263. The number of carbonyl (C=O) groups is 2. The first-order valence-electron chi connectivity index (χ1n) is 8.08. The molecule has 0 spiro atoms. The van der Waals surface area contributed by atoms with Crippen molar-refractivity contribution in [2.45, 2.75) is 19.4 Å². The van der Waals surface area contributed by atoms with Crippen LogP contribution in [0.15, 0.2) is 48.5 Å². The van der Waals surface area contributed by atoms with Crippen molar-refractivity contribution >= 4 is 35.1 Å². The molecule has 0 unspecified atom stereocenters. The third-order valence-corrected chi connectivity index (χ3v) is 4.02. The summed E-state index contributed by atoms with van der Waals surface area (Å²) in [6.07, 6.45) is 0.527. The van der Waals surface area contributed by atoms with Crippen molar-refractivity contribution < 1.29 is 19.1 Å². The zero-order valence-corrected chi connectivity index (χ0v) is 15.7. The Hall–Kier alpha value is -2.24. The summed E-state index contributed by atoms with van der Waals surface area (Å²) in [5.74, 6) is -0.246. The number of ether oxygens (including phenoxy) is 2. The quantitative estimate of drug-likeness (QED) is 0.539. The van der Waals surface area contributed by atoms with Gasteiger partial charge in [0.25, 0.3) is 5.91 Å². The van der Waals surface area contributed by atoms with E-state index in [0.29, 0.717) is 34.4 Å². The topological polar surface area (TPSA) is 64.6 Å². The lowest BCUT2D eigenvalue weighted by Gasteiger charge is -2.14. The predicted octanol–water partition coefficient (Wildman–Crippen LogP) is 4.12. The molecule has 0 heterocycles. The lowest BCUT2D eigenvalue weighted by atomic mass is 10.2. The predicted molar refractivity (Wildman–Crippen MR) is 101 cm³/mol. The lowest BCUT2D eigenvalue weighted by Crippen LogP contribution is -2.39. The minimum absolute atomic E-state index is 0.193. The van der Waals surface area contributed by atoms with Crippen LogP contribution in [0.1, 0.15) is 23.7 Å². The second-order valence-electron chi connectivity index (χ2n) is 5.50. The largest absolute Gasteiger partial charge is 0.493 e. The second-order valence-corrected chi connectivity index (χ2v) is 6.34. The van der Waals surface area contributed by atoms with Gasteiger partial charge in [-0.15, -0.1) is 0 Å². The van der Waals surface area contributed by atoms with Crippen LogP contribution in [0.3, 0.4) is 0 Å². The van der Waals surface area contributed by atoms with Crippen LogP contribution in [0.2, 0.25) is 10.0 Å². The Bertz CT molecular complexity index is 749. The molecule has 0 fully saturated rings. The van der Waals surface area contributed by atoms with Gasteiger partial charge in [-0.2, -0.15) is 0 Å². The molecule has 0 saturated carbocycles. The minimum atomic E-state index is -0.782. The van der Waals surface area contributed by atoms with Crippen molar-refractivity contribution in [3.05, 3.63) is 64.1 Å². The summed E-state index contributed by atoms with van der Waals surface area (Å²) < 4.78 is 10.6. The lowest BCUT2D eigenvalue weighted by molar-refractivity contribution is -0.145. The summed E-state index contributed by atoms with van der Waals surface area (Å²) in [4.78, 5) is 24.0. The van der Waals surface area contributed by atoms with Crippen LogP contribution in [-0.4, -0.2) is 31.1 Å². The Morgan fingerprint density at radius 2 is 1.73 bits per heavy atom. The van der Waals surface area contributed by atoms with Gasteiger partial charge in [-0.05, 0) is 43.3 Å². The molecule has 1 N–H and O–H groups in total. The Morgan fingerprint density at radius 1 is 1.04 bits per heavy atom. The molecule has 0 aliphatic carbocycles. The fourth-order valence-electron chi connectivity index (χ4n) is 2.06. The molecule has 138 valence electrons. The highest BCUT2D eigenvalue weighted by atomic mass is 35.5. The van der Waals surface area contributed by atoms with E-state index < -0.39 is 17.9 Å². The molecule has 2 aromatic carbocycles. The molecule has 26 heavy (non-hydrogen) atoms. The van der Waals surface area contributed by atoms with Gasteiger partial charge in [-0.25, -0.2) is 4.79 Å². The molecule has 0 radical (unpaired) electrons. The van der Waals surface area contributed by atoms with Crippen molar-refractivity contribution in [1.29, 1.82) is 0 Å². The average molecular weight is 396 g/mol. The van der Waals surface area contributed by atoms with Crippen LogP contribution in [-0.2, 0) is 9.53 Å². The molecular weight excluding hydrogens is 377 g/mol. The van der Waals surface area contributed by atoms with E-state index in [-0.39, 0.29) is 6.61 Å². The highest BCUT2D eigenvalue weighted by Gasteiger charge is 2.19. The van der Waals surface area contributed by atoms with Crippen LogP contribution < -0.4 is 10.1 Å². The van der Waals surface area contributed by atoms with Gasteiger partial charge in [0.1, 0.15) is 11.8 Å². The van der Waals surface area contributed by atoms with E-state index in [1.807, 2.05) is 0 Å². The Balaban J connectivity index is 1.68. The molecule has 5 nitrogen and oxygen atoms in total. The van der Waals surface area contributed by atoms with Crippen molar-refractivity contribution in [2.75, 3.05) is 13.2 Å². The van der Waals surface area contributed by atoms with E-state index in [1.165, 1.54) is 0 Å². The van der Waals surface area contributed by atoms with Crippen LogP contribution >= 0.6 is 23.2 Å². The third kappa shape index (κ3) is 6.24. The van der Waals surface area contributed by atoms with E-state index in [9.17, 15) is 9.59 Å². The molecule has 2 aromatic rings. The molecule has 0 aromatic heterocycles. The van der Waals surface area contributed by atoms with Crippen LogP contribution in [0.5, 0.6) is 5.75 Å². The first-order chi connectivity index (χ1) is 12.5. The molecule has 0 bridgehead atoms. The van der Waals surface area contributed by atoms with Gasteiger partial charge in [0.05, 0.1) is 23.8 Å². The van der Waals surface area contributed by atoms with Gasteiger partial charge in [0.2, 0.25) is 0 Å². The molecule has 1 amide bonds. The van der Waals surface area contributed by atoms with Crippen LogP contribution in [0, 0.1) is 0 Å². The fourth-order valence-corrected chi connectivity index (χ4v) is 2.40. The van der Waals surface area contributed by atoms with E-state index in [4.69, 9.17) is 32.7 Å². The summed E-state index contributed by atoms with van der Waals surface area (Å²) in [7, 11) is 0. The van der Waals surface area contributed by atoms with Crippen molar-refractivity contribution in [1.82, 2.24) is 5.32 Å². The number of carbonyl (C=O) groups excluding carboxylic acids is 2. The smallest absolute Gasteiger partial charge is 0.328 e. The molecule has 2 rings (SSSR count). The zero-order chi connectivity index (χ0) is 18.9. The molecular formula is C19H19Cl2NO4. The molecule has 0 saturated heterocycles. The maximum absolute atomic E-state index is 12.1. The van der Waals surface area contributed by atoms with Gasteiger partial charge in [0.15, 0.2) is 0 Å². The zero-order valence-electron chi connectivity index (χ0n) is 14.2. The first-order valence-corrected chi connectivity index (χ1v) is 8.83. The standard InChI is InChI=1S/C19H19Cl2NO4/c1-13(22-18(23)16-5-2-3-6-17(16)21)19(24)26-12-4-11-25-15-9-7-14(20)8-10-15/h2-3,5-10,13H,4,11-12H2,1H3,(H,22,23)/t13-/m0/s1. The molecule has 0 aliphatic rings. The van der Waals surface area contributed by atoms with Crippen LogP contribution in [0.25, 0.3) is 0 Å². The average Bonchev–Trinajstić information content (AvgIpc) is 2.63. The van der Waals surface area contributed by atoms with E-state index in [0.717, 1.165) is 0 Å². The number of hydrogen-bond acceptors (Lipinski definition) is 4. The highest BCUT2D eigenvalue weighted by molar-refractivity contribution is 6.33. The number of esters is 1. The number of benzene rings is 2. The van der Waals surface area contributed by atoms with Gasteiger partial charge in [-0.1, -0.05) is 35.3 Å². The van der Waals surface area contributed by atoms with E-state index >= 15 is 0 Å². The number of amides is 1. The van der Waals surface area contributed by atoms with Crippen molar-refractivity contribution in [3.8, 4) is 5.75 Å². The van der Waals surface area contributed by atoms with Crippen LogP contribution in [0.4, 0.5) is 0 Å². The first kappa shape index (κ1) is 20.1. The maximum atomic E-state index is 12.1. The van der Waals surface area contributed by atoms with E-state index in [2.05, 4.69) is 5.32 Å². The molecule has 7 heteroatoms. The Morgan fingerprint density at radius 3 is 2.42 bits per heavy atom. The third-order valence-electron chi connectivity index (χ3n) is 3.43. The number of rotatable bonds is 8. The molecule has 0 aliphatic heterocycles. The Kier molecular flexibility index (Phi) is 7.75. The summed E-state index contributed by atoms with van der Waals surface area (Å²) in [6.45, 7) is 2.15. The van der Waals surface area contributed by atoms with Crippen molar-refractivity contribution in [3.63, 3.8) is 0 Å². The van der Waals surface area contributed by atoms with Gasteiger partial charge in [0, 0.05) is 11.4 Å².